The van der Waals surface area contributed by atoms with Gasteiger partial charge in [0.1, 0.15) is 0 Å². The van der Waals surface area contributed by atoms with Crippen molar-refractivity contribution in [1.82, 2.24) is 15.1 Å². The lowest BCUT2D eigenvalue weighted by molar-refractivity contribution is -0.137. The summed E-state index contributed by atoms with van der Waals surface area (Å²) < 4.78 is 0. The number of nitrogens with one attached hydrogen (secondary N) is 1. The molecule has 1 aliphatic rings. The van der Waals surface area contributed by atoms with Crippen molar-refractivity contribution in [2.24, 2.45) is 0 Å². The van der Waals surface area contributed by atoms with Crippen molar-refractivity contribution >= 4 is 23.8 Å². The summed E-state index contributed by atoms with van der Waals surface area (Å²) in [4.78, 5) is 26.9. The van der Waals surface area contributed by atoms with Gasteiger partial charge in [0.2, 0.25) is 0 Å². The minimum Gasteiger partial charge on any atom is -0.481 e. The molecule has 0 aromatic carbocycles. The van der Waals surface area contributed by atoms with Gasteiger partial charge in [0, 0.05) is 24.1 Å². The lowest BCUT2D eigenvalue weighted by Gasteiger charge is -2.35. The summed E-state index contributed by atoms with van der Waals surface area (Å²) >= 11 is 1.71. The Labute approximate surface area is 124 Å². The van der Waals surface area contributed by atoms with E-state index in [4.69, 9.17) is 5.11 Å². The molecule has 0 aromatic rings. The predicted octanol–water partition coefficient (Wildman–Crippen LogP) is 0.928. The number of hydrogen-bond donors (Lipinski definition) is 2. The number of hydrogen-bond acceptors (Lipinski definition) is 4. The second kappa shape index (κ2) is 8.36. The first-order valence-electron chi connectivity index (χ1n) is 6.91. The molecule has 0 aliphatic carbocycles. The van der Waals surface area contributed by atoms with Crippen molar-refractivity contribution in [3.05, 3.63) is 0 Å². The molecule has 0 saturated carbocycles. The van der Waals surface area contributed by atoms with Crippen molar-refractivity contribution in [3.63, 3.8) is 0 Å². The maximum atomic E-state index is 12.2. The fourth-order valence-electron chi connectivity index (χ4n) is 2.11. The lowest BCUT2D eigenvalue weighted by atomic mass is 10.2. The summed E-state index contributed by atoms with van der Waals surface area (Å²) in [5.41, 5.74) is 0. The molecule has 7 heteroatoms. The SMILES string of the molecule is CC(CCN(C)C)NC(=O)N1CCSCC1CC(=O)O. The van der Waals surface area contributed by atoms with Crippen LogP contribution in [0.4, 0.5) is 4.79 Å². The molecule has 1 heterocycles. The molecular formula is C13H25N3O3S. The number of carboxylic acid groups (broad SMARTS) is 1. The monoisotopic (exact) mass is 303 g/mol. The maximum absolute atomic E-state index is 12.2. The molecule has 2 atom stereocenters. The van der Waals surface area contributed by atoms with Crippen LogP contribution in [0.1, 0.15) is 19.8 Å². The molecule has 2 unspecified atom stereocenters. The van der Waals surface area contributed by atoms with E-state index in [0.717, 1.165) is 18.7 Å². The van der Waals surface area contributed by atoms with E-state index in [2.05, 4.69) is 10.2 Å². The van der Waals surface area contributed by atoms with Crippen molar-refractivity contribution in [3.8, 4) is 0 Å². The molecule has 20 heavy (non-hydrogen) atoms. The Bertz CT molecular complexity index is 339. The van der Waals surface area contributed by atoms with Crippen LogP contribution in [-0.4, -0.2) is 77.7 Å². The average molecular weight is 303 g/mol. The van der Waals surface area contributed by atoms with E-state index in [9.17, 15) is 9.59 Å². The van der Waals surface area contributed by atoms with Crippen LogP contribution >= 0.6 is 11.8 Å². The zero-order chi connectivity index (χ0) is 15.1. The zero-order valence-corrected chi connectivity index (χ0v) is 13.3. The number of urea groups is 1. The third-order valence-electron chi connectivity index (χ3n) is 3.28. The van der Waals surface area contributed by atoms with E-state index >= 15 is 0 Å². The third-order valence-corrected chi connectivity index (χ3v) is 4.37. The van der Waals surface area contributed by atoms with Crippen molar-refractivity contribution in [2.45, 2.75) is 31.8 Å². The first-order valence-corrected chi connectivity index (χ1v) is 8.07. The van der Waals surface area contributed by atoms with Gasteiger partial charge in [-0.3, -0.25) is 4.79 Å². The number of carbonyl (C=O) groups excluding carboxylic acids is 1. The van der Waals surface area contributed by atoms with E-state index < -0.39 is 5.97 Å². The highest BCUT2D eigenvalue weighted by Crippen LogP contribution is 2.19. The van der Waals surface area contributed by atoms with Crippen LogP contribution < -0.4 is 5.32 Å². The fourth-order valence-corrected chi connectivity index (χ4v) is 3.17. The minimum absolute atomic E-state index is 0.0203. The molecule has 0 bridgehead atoms. The van der Waals surface area contributed by atoms with Crippen molar-refractivity contribution in [2.75, 3.05) is 38.7 Å². The molecule has 2 N–H and O–H groups in total. The van der Waals surface area contributed by atoms with Gasteiger partial charge in [0.25, 0.3) is 0 Å². The van der Waals surface area contributed by atoms with Gasteiger partial charge in [-0.05, 0) is 34.0 Å². The molecule has 1 fully saturated rings. The van der Waals surface area contributed by atoms with Crippen LogP contribution in [-0.2, 0) is 4.79 Å². The van der Waals surface area contributed by atoms with Gasteiger partial charge in [0.15, 0.2) is 0 Å². The number of nitrogens with zero attached hydrogens (tertiary/aromatic N) is 2. The van der Waals surface area contributed by atoms with Gasteiger partial charge in [-0.25, -0.2) is 4.79 Å². The molecule has 0 radical (unpaired) electrons. The largest absolute Gasteiger partial charge is 0.481 e. The Morgan fingerprint density at radius 1 is 1.50 bits per heavy atom. The fraction of sp³-hybridized carbons (Fsp3) is 0.846. The maximum Gasteiger partial charge on any atom is 0.317 e. The number of amides is 2. The standard InChI is InChI=1S/C13H25N3O3S/c1-10(4-5-15(2)3)14-13(19)16-6-7-20-9-11(16)8-12(17)18/h10-11H,4-9H2,1-3H3,(H,14,19)(H,17,18). The zero-order valence-electron chi connectivity index (χ0n) is 12.5. The molecule has 1 aliphatic heterocycles. The second-order valence-corrected chi connectivity index (χ2v) is 6.61. The van der Waals surface area contributed by atoms with Crippen LogP contribution in [0.2, 0.25) is 0 Å². The van der Waals surface area contributed by atoms with Crippen LogP contribution in [0.5, 0.6) is 0 Å². The number of thioether (sulfide) groups is 1. The number of rotatable bonds is 6. The minimum atomic E-state index is -0.851. The number of aliphatic carboxylic acids is 1. The summed E-state index contributed by atoms with van der Waals surface area (Å²) in [6.07, 6.45) is 0.900. The highest BCUT2D eigenvalue weighted by atomic mass is 32.2. The molecule has 6 nitrogen and oxygen atoms in total. The third kappa shape index (κ3) is 6.00. The smallest absolute Gasteiger partial charge is 0.317 e. The summed E-state index contributed by atoms with van der Waals surface area (Å²) in [7, 11) is 4.00. The summed E-state index contributed by atoms with van der Waals surface area (Å²) in [6.45, 7) is 3.51. The van der Waals surface area contributed by atoms with Gasteiger partial charge in [-0.15, -0.1) is 0 Å². The Morgan fingerprint density at radius 3 is 2.80 bits per heavy atom. The highest BCUT2D eigenvalue weighted by molar-refractivity contribution is 7.99. The van der Waals surface area contributed by atoms with E-state index in [1.165, 1.54) is 0 Å². The van der Waals surface area contributed by atoms with Gasteiger partial charge >= 0.3 is 12.0 Å². The quantitative estimate of drug-likeness (QED) is 0.763. The highest BCUT2D eigenvalue weighted by Gasteiger charge is 2.29. The average Bonchev–Trinajstić information content (AvgIpc) is 2.36. The molecule has 1 saturated heterocycles. The molecule has 0 aromatic heterocycles. The molecule has 2 amide bonds. The lowest BCUT2D eigenvalue weighted by Crippen LogP contribution is -2.53. The summed E-state index contributed by atoms with van der Waals surface area (Å²) in [5.74, 6) is 0.720. The summed E-state index contributed by atoms with van der Waals surface area (Å²) in [6, 6.07) is -0.250. The number of carboxylic acids is 1. The van der Waals surface area contributed by atoms with Gasteiger partial charge < -0.3 is 20.2 Å². The van der Waals surface area contributed by atoms with Crippen LogP contribution in [0.3, 0.4) is 0 Å². The van der Waals surface area contributed by atoms with Gasteiger partial charge in [-0.1, -0.05) is 0 Å². The van der Waals surface area contributed by atoms with Crippen molar-refractivity contribution in [1.29, 1.82) is 0 Å². The van der Waals surface area contributed by atoms with Gasteiger partial charge in [-0.2, -0.15) is 11.8 Å². The molecule has 0 spiro atoms. The van der Waals surface area contributed by atoms with E-state index in [0.29, 0.717) is 12.3 Å². The van der Waals surface area contributed by atoms with E-state index in [1.807, 2.05) is 21.0 Å². The predicted molar refractivity (Wildman–Crippen MR) is 81.2 cm³/mol. The topological polar surface area (TPSA) is 72.9 Å². The van der Waals surface area contributed by atoms with Crippen LogP contribution in [0.15, 0.2) is 0 Å². The Kier molecular flexibility index (Phi) is 7.15. The Balaban J connectivity index is 2.48. The molecule has 116 valence electrons. The molecular weight excluding hydrogens is 278 g/mol. The molecule has 1 rings (SSSR count). The Hall–Kier alpha value is -0.950. The van der Waals surface area contributed by atoms with Gasteiger partial charge in [0.05, 0.1) is 12.5 Å². The normalized spacial score (nSPS) is 20.8. The second-order valence-electron chi connectivity index (χ2n) is 5.46. The van der Waals surface area contributed by atoms with Crippen LogP contribution in [0.25, 0.3) is 0 Å². The number of carbonyl (C=O) groups is 2. The van der Waals surface area contributed by atoms with Crippen molar-refractivity contribution < 1.29 is 14.7 Å². The Morgan fingerprint density at radius 2 is 2.20 bits per heavy atom. The van der Waals surface area contributed by atoms with E-state index in [1.54, 1.807) is 16.7 Å². The summed E-state index contributed by atoms with van der Waals surface area (Å²) in [5, 5.41) is 11.9. The first kappa shape index (κ1) is 17.1. The van der Waals surface area contributed by atoms with E-state index in [-0.39, 0.29) is 24.5 Å². The first-order chi connectivity index (χ1) is 9.40. The van der Waals surface area contributed by atoms with Crippen LogP contribution in [0, 0.1) is 0 Å².